The van der Waals surface area contributed by atoms with Gasteiger partial charge in [-0.25, -0.2) is 0 Å². The van der Waals surface area contributed by atoms with Crippen LogP contribution in [0.3, 0.4) is 0 Å². The Kier molecular flexibility index (Phi) is 9.41. The largest absolute Gasteiger partial charge is 0.310 e. The lowest BCUT2D eigenvalue weighted by Gasteiger charge is -2.29. The highest BCUT2D eigenvalue weighted by atomic mass is 15.1. The Morgan fingerprint density at radius 2 is 0.527 bits per heavy atom. The van der Waals surface area contributed by atoms with Gasteiger partial charge in [0.1, 0.15) is 0 Å². The van der Waals surface area contributed by atoms with Crippen molar-refractivity contribution >= 4 is 17.1 Å². The molecule has 9 aromatic carbocycles. The van der Waals surface area contributed by atoms with Crippen molar-refractivity contribution in [2.24, 2.45) is 0 Å². The van der Waals surface area contributed by atoms with Crippen LogP contribution in [0.4, 0.5) is 17.1 Å². The molecule has 0 bridgehead atoms. The quantitative estimate of drug-likeness (QED) is 0.145. The van der Waals surface area contributed by atoms with E-state index in [2.05, 4.69) is 241 Å². The van der Waals surface area contributed by atoms with Gasteiger partial charge in [0.05, 0.1) is 5.69 Å². The van der Waals surface area contributed by atoms with Crippen molar-refractivity contribution < 1.29 is 0 Å². The number of nitrogens with zero attached hydrogens (tertiary/aromatic N) is 1. The first-order chi connectivity index (χ1) is 27.3. The molecule has 0 unspecified atom stereocenters. The topological polar surface area (TPSA) is 3.24 Å². The summed E-state index contributed by atoms with van der Waals surface area (Å²) in [5, 5.41) is 0. The van der Waals surface area contributed by atoms with E-state index in [0.717, 1.165) is 17.1 Å². The van der Waals surface area contributed by atoms with Crippen LogP contribution in [0.5, 0.6) is 0 Å². The van der Waals surface area contributed by atoms with E-state index in [0.29, 0.717) is 0 Å². The Bertz CT molecular complexity index is 2670. The molecule has 0 radical (unpaired) electrons. The number of rotatable bonds is 9. The fourth-order valence-corrected chi connectivity index (χ4v) is 7.70. The van der Waals surface area contributed by atoms with E-state index in [-0.39, 0.29) is 0 Å². The molecule has 0 atom stereocenters. The molecule has 0 amide bonds. The molecule has 0 N–H and O–H groups in total. The van der Waals surface area contributed by atoms with Crippen LogP contribution in [0, 0.1) is 0 Å². The lowest BCUT2D eigenvalue weighted by Crippen LogP contribution is -2.11. The van der Waals surface area contributed by atoms with Crippen LogP contribution in [0.2, 0.25) is 0 Å². The molecule has 0 aromatic heterocycles. The van der Waals surface area contributed by atoms with Gasteiger partial charge in [-0.3, -0.25) is 0 Å². The second kappa shape index (κ2) is 15.4. The minimum Gasteiger partial charge on any atom is -0.310 e. The summed E-state index contributed by atoms with van der Waals surface area (Å²) >= 11 is 0. The molecule has 0 heterocycles. The smallest absolute Gasteiger partial charge is 0.0540 e. The molecule has 0 aliphatic heterocycles. The third-order valence-corrected chi connectivity index (χ3v) is 10.3. The Labute approximate surface area is 324 Å². The first-order valence-corrected chi connectivity index (χ1v) is 18.9. The van der Waals surface area contributed by atoms with Crippen LogP contribution in [0.25, 0.3) is 66.8 Å². The number of anilines is 3. The van der Waals surface area contributed by atoms with E-state index in [9.17, 15) is 0 Å². The summed E-state index contributed by atoms with van der Waals surface area (Å²) in [5.41, 5.74) is 17.6. The van der Waals surface area contributed by atoms with Crippen molar-refractivity contribution in [3.8, 4) is 66.8 Å². The molecule has 260 valence electrons. The van der Waals surface area contributed by atoms with Crippen molar-refractivity contribution in [1.82, 2.24) is 0 Å². The third kappa shape index (κ3) is 6.88. The molecule has 0 spiro atoms. The maximum atomic E-state index is 2.41. The van der Waals surface area contributed by atoms with E-state index in [1.165, 1.54) is 66.8 Å². The molecule has 0 saturated heterocycles. The van der Waals surface area contributed by atoms with E-state index < -0.39 is 0 Å². The minimum atomic E-state index is 1.08. The number of hydrogen-bond acceptors (Lipinski definition) is 1. The van der Waals surface area contributed by atoms with Gasteiger partial charge in [-0.15, -0.1) is 0 Å². The van der Waals surface area contributed by atoms with Crippen LogP contribution in [0.1, 0.15) is 0 Å². The number of benzene rings is 9. The lowest BCUT2D eigenvalue weighted by atomic mass is 9.89. The summed E-state index contributed by atoms with van der Waals surface area (Å²) in [4.78, 5) is 2.41. The van der Waals surface area contributed by atoms with Gasteiger partial charge in [0, 0.05) is 16.9 Å². The minimum absolute atomic E-state index is 1.08. The molecular weight excluding hydrogens is 663 g/mol. The molecule has 55 heavy (non-hydrogen) atoms. The van der Waals surface area contributed by atoms with Gasteiger partial charge >= 0.3 is 0 Å². The highest BCUT2D eigenvalue weighted by Crippen LogP contribution is 2.45. The Hall–Kier alpha value is -7.22. The fraction of sp³-hybridized carbons (Fsp3) is 0. The first kappa shape index (κ1) is 33.6. The molecule has 0 aliphatic rings. The fourth-order valence-electron chi connectivity index (χ4n) is 7.70. The van der Waals surface area contributed by atoms with Crippen LogP contribution in [0.15, 0.2) is 237 Å². The molecule has 1 heteroatoms. The van der Waals surface area contributed by atoms with Crippen molar-refractivity contribution in [3.05, 3.63) is 237 Å². The van der Waals surface area contributed by atoms with E-state index in [4.69, 9.17) is 0 Å². The molecular formula is C54H39N. The molecule has 1 nitrogen and oxygen atoms in total. The van der Waals surface area contributed by atoms with Crippen LogP contribution >= 0.6 is 0 Å². The monoisotopic (exact) mass is 701 g/mol. The molecule has 0 aliphatic carbocycles. The SMILES string of the molecule is c1ccc(-c2ccc(N(c3ccc(-c4ccccc4-c4ccccc4-c4ccccc4)cc3)c3ccccc3-c3ccccc3)cc2-c2ccccc2)cc1. The van der Waals surface area contributed by atoms with Crippen LogP contribution < -0.4 is 4.90 Å². The second-order valence-corrected chi connectivity index (χ2v) is 13.7. The Morgan fingerprint density at radius 1 is 0.200 bits per heavy atom. The molecule has 9 aromatic rings. The predicted octanol–water partition coefficient (Wildman–Crippen LogP) is 15.2. The van der Waals surface area contributed by atoms with Gasteiger partial charge in [-0.05, 0) is 91.5 Å². The maximum absolute atomic E-state index is 2.41. The summed E-state index contributed by atoms with van der Waals surface area (Å²) in [7, 11) is 0. The van der Waals surface area contributed by atoms with E-state index in [1.807, 2.05) is 0 Å². The van der Waals surface area contributed by atoms with E-state index >= 15 is 0 Å². The summed E-state index contributed by atoms with van der Waals surface area (Å²) in [6.07, 6.45) is 0. The molecule has 0 saturated carbocycles. The summed E-state index contributed by atoms with van der Waals surface area (Å²) in [6, 6.07) is 84.9. The number of hydrogen-bond donors (Lipinski definition) is 0. The second-order valence-electron chi connectivity index (χ2n) is 13.7. The standard InChI is InChI=1S/C54H39N/c1-5-19-40(20-6-1)47-27-13-15-30-51(47)52-31-16-14-28-48(52)44-33-35-45(36-34-44)55(54-32-18-17-29-50(54)42-23-9-3-10-24-42)46-37-38-49(41-21-7-2-8-22-41)53(39-46)43-25-11-4-12-26-43/h1-39H. The first-order valence-electron chi connectivity index (χ1n) is 18.9. The maximum Gasteiger partial charge on any atom is 0.0540 e. The summed E-state index contributed by atoms with van der Waals surface area (Å²) in [6.45, 7) is 0. The Morgan fingerprint density at radius 3 is 1.02 bits per heavy atom. The highest BCUT2D eigenvalue weighted by Gasteiger charge is 2.20. The average molecular weight is 702 g/mol. The van der Waals surface area contributed by atoms with E-state index in [1.54, 1.807) is 0 Å². The van der Waals surface area contributed by atoms with Crippen molar-refractivity contribution in [1.29, 1.82) is 0 Å². The predicted molar refractivity (Wildman–Crippen MR) is 234 cm³/mol. The van der Waals surface area contributed by atoms with Crippen molar-refractivity contribution in [3.63, 3.8) is 0 Å². The normalized spacial score (nSPS) is 10.9. The molecule has 9 rings (SSSR count). The zero-order valence-corrected chi connectivity index (χ0v) is 30.5. The van der Waals surface area contributed by atoms with Gasteiger partial charge in [0.15, 0.2) is 0 Å². The summed E-state index contributed by atoms with van der Waals surface area (Å²) < 4.78 is 0. The van der Waals surface area contributed by atoms with Crippen molar-refractivity contribution in [2.45, 2.75) is 0 Å². The van der Waals surface area contributed by atoms with Gasteiger partial charge in [-0.2, -0.15) is 0 Å². The number of para-hydroxylation sites is 1. The Balaban J connectivity index is 1.20. The zero-order chi connectivity index (χ0) is 36.8. The molecule has 0 fully saturated rings. The van der Waals surface area contributed by atoms with Crippen molar-refractivity contribution in [2.75, 3.05) is 4.90 Å². The average Bonchev–Trinajstić information content (AvgIpc) is 3.28. The van der Waals surface area contributed by atoms with Crippen LogP contribution in [-0.2, 0) is 0 Å². The van der Waals surface area contributed by atoms with Crippen LogP contribution in [-0.4, -0.2) is 0 Å². The van der Waals surface area contributed by atoms with Gasteiger partial charge < -0.3 is 4.90 Å². The highest BCUT2D eigenvalue weighted by molar-refractivity contribution is 5.94. The zero-order valence-electron chi connectivity index (χ0n) is 30.5. The third-order valence-electron chi connectivity index (χ3n) is 10.3. The lowest BCUT2D eigenvalue weighted by molar-refractivity contribution is 1.28. The van der Waals surface area contributed by atoms with Gasteiger partial charge in [0.25, 0.3) is 0 Å². The van der Waals surface area contributed by atoms with Gasteiger partial charge in [0.2, 0.25) is 0 Å². The van der Waals surface area contributed by atoms with Gasteiger partial charge in [-0.1, -0.05) is 206 Å². The summed E-state index contributed by atoms with van der Waals surface area (Å²) in [5.74, 6) is 0.